The molecule has 1 fully saturated rings. The van der Waals surface area contributed by atoms with Crippen molar-refractivity contribution in [2.75, 3.05) is 33.0 Å². The number of nitrogens with zero attached hydrogens (tertiary/aromatic N) is 1. The Kier molecular flexibility index (Phi) is 3.50. The van der Waals surface area contributed by atoms with E-state index in [-0.39, 0.29) is 5.60 Å². The van der Waals surface area contributed by atoms with Crippen LogP contribution in [0.2, 0.25) is 0 Å². The van der Waals surface area contributed by atoms with Gasteiger partial charge >= 0.3 is 0 Å². The number of hydrogen-bond donors (Lipinski definition) is 0. The summed E-state index contributed by atoms with van der Waals surface area (Å²) in [5, 5.41) is 0. The van der Waals surface area contributed by atoms with Crippen molar-refractivity contribution in [3.8, 4) is 0 Å². The highest BCUT2D eigenvalue weighted by atomic mass is 16.5. The molecule has 0 aromatic carbocycles. The van der Waals surface area contributed by atoms with Crippen LogP contribution in [-0.2, 0) is 9.47 Å². The fourth-order valence-corrected chi connectivity index (χ4v) is 1.02. The molecule has 3 nitrogen and oxygen atoms in total. The van der Waals surface area contributed by atoms with Gasteiger partial charge in [0.25, 0.3) is 0 Å². The molecule has 12 heavy (non-hydrogen) atoms. The van der Waals surface area contributed by atoms with E-state index in [1.807, 2.05) is 0 Å². The molecule has 1 aliphatic heterocycles. The van der Waals surface area contributed by atoms with E-state index < -0.39 is 0 Å². The van der Waals surface area contributed by atoms with Crippen molar-refractivity contribution in [2.45, 2.75) is 26.4 Å². The van der Waals surface area contributed by atoms with Crippen LogP contribution in [0.4, 0.5) is 0 Å². The van der Waals surface area contributed by atoms with Crippen LogP contribution in [0, 0.1) is 0 Å². The van der Waals surface area contributed by atoms with Crippen LogP contribution in [0.25, 0.3) is 0 Å². The molecule has 0 amide bonds. The lowest BCUT2D eigenvalue weighted by Crippen LogP contribution is -2.40. The van der Waals surface area contributed by atoms with Gasteiger partial charge in [-0.3, -0.25) is 4.90 Å². The molecule has 0 radical (unpaired) electrons. The molecule has 1 saturated heterocycles. The number of rotatable bonds is 2. The normalized spacial score (nSPS) is 21.2. The molecule has 1 rings (SSSR count). The third kappa shape index (κ3) is 4.04. The second-order valence-corrected chi connectivity index (χ2v) is 4.12. The van der Waals surface area contributed by atoms with Crippen molar-refractivity contribution in [1.82, 2.24) is 4.90 Å². The summed E-state index contributed by atoms with van der Waals surface area (Å²) in [6.07, 6.45) is 0. The average molecular weight is 173 g/mol. The molecule has 0 bridgehead atoms. The third-order valence-electron chi connectivity index (χ3n) is 1.78. The quantitative estimate of drug-likeness (QED) is 0.624. The van der Waals surface area contributed by atoms with Crippen LogP contribution < -0.4 is 0 Å². The average Bonchev–Trinajstić information content (AvgIpc) is 2.02. The standard InChI is InChI=1S/C9H19NO2/c1-9(2,3)12-8-10-4-6-11-7-5-10/h4-8H2,1-3H3. The highest BCUT2D eigenvalue weighted by Crippen LogP contribution is 2.08. The summed E-state index contributed by atoms with van der Waals surface area (Å²) >= 11 is 0. The summed E-state index contributed by atoms with van der Waals surface area (Å²) in [6.45, 7) is 10.6. The number of hydrogen-bond acceptors (Lipinski definition) is 3. The summed E-state index contributed by atoms with van der Waals surface area (Å²) in [5.74, 6) is 0. The largest absolute Gasteiger partial charge is 0.379 e. The van der Waals surface area contributed by atoms with Crippen LogP contribution in [-0.4, -0.2) is 43.5 Å². The van der Waals surface area contributed by atoms with Crippen LogP contribution in [0.1, 0.15) is 20.8 Å². The SMILES string of the molecule is CC(C)(C)OCN1CCOCC1. The Morgan fingerprint density at radius 3 is 2.33 bits per heavy atom. The Balaban J connectivity index is 2.13. The third-order valence-corrected chi connectivity index (χ3v) is 1.78. The number of ether oxygens (including phenoxy) is 2. The molecule has 0 spiro atoms. The van der Waals surface area contributed by atoms with E-state index in [2.05, 4.69) is 25.7 Å². The molecular formula is C9H19NO2. The molecular weight excluding hydrogens is 154 g/mol. The van der Waals surface area contributed by atoms with Gasteiger partial charge in [0, 0.05) is 13.1 Å². The molecule has 1 aliphatic rings. The highest BCUT2D eigenvalue weighted by Gasteiger charge is 2.15. The van der Waals surface area contributed by atoms with Gasteiger partial charge in [-0.1, -0.05) is 0 Å². The van der Waals surface area contributed by atoms with Crippen LogP contribution in [0.3, 0.4) is 0 Å². The van der Waals surface area contributed by atoms with E-state index in [4.69, 9.17) is 9.47 Å². The van der Waals surface area contributed by atoms with Crippen molar-refractivity contribution in [3.63, 3.8) is 0 Å². The van der Waals surface area contributed by atoms with Crippen molar-refractivity contribution < 1.29 is 9.47 Å². The summed E-state index contributed by atoms with van der Waals surface area (Å²) in [7, 11) is 0. The molecule has 0 aliphatic carbocycles. The Hall–Kier alpha value is -0.120. The van der Waals surface area contributed by atoms with E-state index in [9.17, 15) is 0 Å². The van der Waals surface area contributed by atoms with Crippen LogP contribution in [0.5, 0.6) is 0 Å². The van der Waals surface area contributed by atoms with Crippen molar-refractivity contribution in [3.05, 3.63) is 0 Å². The monoisotopic (exact) mass is 173 g/mol. The van der Waals surface area contributed by atoms with Gasteiger partial charge in [-0.15, -0.1) is 0 Å². The van der Waals surface area contributed by atoms with Gasteiger partial charge < -0.3 is 9.47 Å². The first kappa shape index (κ1) is 9.96. The Labute approximate surface area is 74.6 Å². The summed E-state index contributed by atoms with van der Waals surface area (Å²) in [6, 6.07) is 0. The smallest absolute Gasteiger partial charge is 0.0998 e. The lowest BCUT2D eigenvalue weighted by molar-refractivity contribution is -0.0884. The lowest BCUT2D eigenvalue weighted by Gasteiger charge is -2.29. The van der Waals surface area contributed by atoms with E-state index in [0.29, 0.717) is 0 Å². The molecule has 0 N–H and O–H groups in total. The fraction of sp³-hybridized carbons (Fsp3) is 1.00. The predicted molar refractivity (Wildman–Crippen MR) is 48.1 cm³/mol. The predicted octanol–water partition coefficient (Wildman–Crippen LogP) is 1.09. The van der Waals surface area contributed by atoms with Gasteiger partial charge in [-0.2, -0.15) is 0 Å². The second-order valence-electron chi connectivity index (χ2n) is 4.12. The highest BCUT2D eigenvalue weighted by molar-refractivity contribution is 4.62. The first-order chi connectivity index (χ1) is 5.58. The van der Waals surface area contributed by atoms with E-state index in [1.54, 1.807) is 0 Å². The van der Waals surface area contributed by atoms with Gasteiger partial charge in [-0.25, -0.2) is 0 Å². The van der Waals surface area contributed by atoms with Crippen molar-refractivity contribution in [1.29, 1.82) is 0 Å². The maximum absolute atomic E-state index is 5.64. The minimum absolute atomic E-state index is 0.0295. The zero-order valence-corrected chi connectivity index (χ0v) is 8.30. The fourth-order valence-electron chi connectivity index (χ4n) is 1.02. The first-order valence-corrected chi connectivity index (χ1v) is 4.52. The molecule has 0 saturated carbocycles. The zero-order chi connectivity index (χ0) is 9.03. The van der Waals surface area contributed by atoms with Gasteiger partial charge in [-0.05, 0) is 20.8 Å². The van der Waals surface area contributed by atoms with Crippen molar-refractivity contribution in [2.24, 2.45) is 0 Å². The Bertz CT molecular complexity index is 125. The molecule has 3 heteroatoms. The first-order valence-electron chi connectivity index (χ1n) is 4.52. The van der Waals surface area contributed by atoms with E-state index in [1.165, 1.54) is 0 Å². The minimum Gasteiger partial charge on any atom is -0.379 e. The lowest BCUT2D eigenvalue weighted by atomic mass is 10.2. The van der Waals surface area contributed by atoms with Gasteiger partial charge in [0.2, 0.25) is 0 Å². The Morgan fingerprint density at radius 1 is 1.25 bits per heavy atom. The zero-order valence-electron chi connectivity index (χ0n) is 8.30. The van der Waals surface area contributed by atoms with Gasteiger partial charge in [0.1, 0.15) is 0 Å². The van der Waals surface area contributed by atoms with E-state index >= 15 is 0 Å². The summed E-state index contributed by atoms with van der Waals surface area (Å²) < 4.78 is 10.9. The van der Waals surface area contributed by atoms with Crippen LogP contribution in [0.15, 0.2) is 0 Å². The molecule has 0 aromatic heterocycles. The molecule has 1 heterocycles. The van der Waals surface area contributed by atoms with Crippen molar-refractivity contribution >= 4 is 0 Å². The van der Waals surface area contributed by atoms with Gasteiger partial charge in [0.15, 0.2) is 0 Å². The Morgan fingerprint density at radius 2 is 1.83 bits per heavy atom. The topological polar surface area (TPSA) is 21.7 Å². The molecule has 0 unspecified atom stereocenters. The molecule has 0 aromatic rings. The molecule has 72 valence electrons. The minimum atomic E-state index is -0.0295. The maximum atomic E-state index is 5.64. The maximum Gasteiger partial charge on any atom is 0.0998 e. The summed E-state index contributed by atoms with van der Waals surface area (Å²) in [5.41, 5.74) is -0.0295. The second kappa shape index (κ2) is 4.21. The summed E-state index contributed by atoms with van der Waals surface area (Å²) in [4.78, 5) is 2.27. The number of morpholine rings is 1. The van der Waals surface area contributed by atoms with E-state index in [0.717, 1.165) is 33.0 Å². The van der Waals surface area contributed by atoms with Crippen LogP contribution >= 0.6 is 0 Å². The van der Waals surface area contributed by atoms with Gasteiger partial charge in [0.05, 0.1) is 25.5 Å². The molecule has 0 atom stereocenters.